The molecule has 0 saturated carbocycles. The second-order valence-corrected chi connectivity index (χ2v) is 5.75. The first-order chi connectivity index (χ1) is 9.29. The predicted octanol–water partition coefficient (Wildman–Crippen LogP) is 3.45. The van der Waals surface area contributed by atoms with Crippen molar-refractivity contribution in [3.63, 3.8) is 0 Å². The summed E-state index contributed by atoms with van der Waals surface area (Å²) >= 11 is 0. The molecule has 1 aliphatic heterocycles. The fraction of sp³-hybridized carbons (Fsp3) is 0.600. The molecule has 1 aliphatic rings. The summed E-state index contributed by atoms with van der Waals surface area (Å²) in [5.41, 5.74) is 1.02. The van der Waals surface area contributed by atoms with E-state index in [1.807, 2.05) is 6.92 Å². The zero-order valence-corrected chi connectivity index (χ0v) is 12.1. The van der Waals surface area contributed by atoms with Crippen LogP contribution in [0.4, 0.5) is 18.9 Å². The van der Waals surface area contributed by atoms with Gasteiger partial charge in [-0.2, -0.15) is 13.2 Å². The summed E-state index contributed by atoms with van der Waals surface area (Å²) in [6, 6.07) is 4.31. The number of aryl methyl sites for hydroxylation is 1. The van der Waals surface area contributed by atoms with Crippen molar-refractivity contribution in [2.75, 3.05) is 24.5 Å². The largest absolute Gasteiger partial charge is 0.416 e. The van der Waals surface area contributed by atoms with Gasteiger partial charge in [-0.1, -0.05) is 19.9 Å². The molecule has 0 bridgehead atoms. The summed E-state index contributed by atoms with van der Waals surface area (Å²) in [6.45, 7) is 8.41. The average molecular weight is 286 g/mol. The Kier molecular flexibility index (Phi) is 4.28. The normalized spacial score (nSPS) is 20.6. The fourth-order valence-corrected chi connectivity index (χ4v) is 2.57. The topological polar surface area (TPSA) is 15.3 Å². The molecule has 1 fully saturated rings. The lowest BCUT2D eigenvalue weighted by Gasteiger charge is -2.38. The molecule has 0 amide bonds. The number of piperazine rings is 1. The van der Waals surface area contributed by atoms with Gasteiger partial charge < -0.3 is 10.2 Å². The minimum absolute atomic E-state index is 0.317. The number of nitrogens with one attached hydrogen (secondary N) is 1. The molecule has 20 heavy (non-hydrogen) atoms. The molecule has 0 aromatic heterocycles. The number of hydrogen-bond donors (Lipinski definition) is 1. The van der Waals surface area contributed by atoms with Crippen LogP contribution in [0.15, 0.2) is 18.2 Å². The van der Waals surface area contributed by atoms with E-state index in [-0.39, 0.29) is 0 Å². The van der Waals surface area contributed by atoms with E-state index in [1.54, 1.807) is 6.07 Å². The fourth-order valence-electron chi connectivity index (χ4n) is 2.57. The van der Waals surface area contributed by atoms with Crippen LogP contribution in [0.1, 0.15) is 25.0 Å². The molecule has 0 radical (unpaired) electrons. The van der Waals surface area contributed by atoms with Gasteiger partial charge in [0.2, 0.25) is 0 Å². The van der Waals surface area contributed by atoms with Gasteiger partial charge in [0.05, 0.1) is 5.56 Å². The molecule has 2 rings (SSSR count). The third kappa shape index (κ3) is 3.26. The van der Waals surface area contributed by atoms with Crippen LogP contribution in [0.25, 0.3) is 0 Å². The maximum Gasteiger partial charge on any atom is 0.416 e. The Labute approximate surface area is 118 Å². The second kappa shape index (κ2) is 5.64. The van der Waals surface area contributed by atoms with Gasteiger partial charge in [-0.15, -0.1) is 0 Å². The van der Waals surface area contributed by atoms with E-state index in [1.165, 1.54) is 6.07 Å². The van der Waals surface area contributed by atoms with Crippen molar-refractivity contribution in [1.82, 2.24) is 5.32 Å². The maximum atomic E-state index is 12.8. The van der Waals surface area contributed by atoms with Crippen molar-refractivity contribution >= 4 is 5.69 Å². The van der Waals surface area contributed by atoms with Crippen LogP contribution < -0.4 is 10.2 Å². The molecule has 1 aromatic rings. The van der Waals surface area contributed by atoms with Crippen LogP contribution in [0.2, 0.25) is 0 Å². The predicted molar refractivity (Wildman–Crippen MR) is 75.0 cm³/mol. The first kappa shape index (κ1) is 15.2. The Balaban J connectivity index is 2.27. The Morgan fingerprint density at radius 1 is 1.30 bits per heavy atom. The highest BCUT2D eigenvalue weighted by atomic mass is 19.4. The molecule has 1 aromatic carbocycles. The Morgan fingerprint density at radius 2 is 2.00 bits per heavy atom. The van der Waals surface area contributed by atoms with Gasteiger partial charge in [-0.05, 0) is 30.5 Å². The lowest BCUT2D eigenvalue weighted by molar-refractivity contribution is -0.137. The zero-order valence-electron chi connectivity index (χ0n) is 12.1. The van der Waals surface area contributed by atoms with E-state index in [0.29, 0.717) is 17.6 Å². The summed E-state index contributed by atoms with van der Waals surface area (Å²) in [6.07, 6.45) is -4.28. The Hall–Kier alpha value is -1.23. The highest BCUT2D eigenvalue weighted by Gasteiger charge is 2.32. The number of benzene rings is 1. The molecule has 5 heteroatoms. The number of hydrogen-bond acceptors (Lipinski definition) is 2. The van der Waals surface area contributed by atoms with E-state index >= 15 is 0 Å². The number of alkyl halides is 3. The summed E-state index contributed by atoms with van der Waals surface area (Å²) < 4.78 is 38.5. The summed E-state index contributed by atoms with van der Waals surface area (Å²) in [4.78, 5) is 2.06. The van der Waals surface area contributed by atoms with Gasteiger partial charge >= 0.3 is 6.18 Å². The Morgan fingerprint density at radius 3 is 2.60 bits per heavy atom. The van der Waals surface area contributed by atoms with Gasteiger partial charge in [0.15, 0.2) is 0 Å². The van der Waals surface area contributed by atoms with E-state index < -0.39 is 11.7 Å². The number of nitrogens with zero attached hydrogens (tertiary/aromatic N) is 1. The van der Waals surface area contributed by atoms with Crippen molar-refractivity contribution < 1.29 is 13.2 Å². The van der Waals surface area contributed by atoms with Gasteiger partial charge in [-0.25, -0.2) is 0 Å². The van der Waals surface area contributed by atoms with Gasteiger partial charge in [0.1, 0.15) is 0 Å². The molecule has 1 N–H and O–H groups in total. The molecular weight excluding hydrogens is 265 g/mol. The minimum Gasteiger partial charge on any atom is -0.368 e. The smallest absolute Gasteiger partial charge is 0.368 e. The zero-order chi connectivity index (χ0) is 14.9. The van der Waals surface area contributed by atoms with Crippen LogP contribution in [-0.2, 0) is 6.18 Å². The van der Waals surface area contributed by atoms with E-state index in [9.17, 15) is 13.2 Å². The quantitative estimate of drug-likeness (QED) is 0.896. The number of halogens is 3. The first-order valence-corrected chi connectivity index (χ1v) is 6.95. The van der Waals surface area contributed by atoms with Crippen LogP contribution >= 0.6 is 0 Å². The molecule has 0 spiro atoms. The molecule has 2 nitrogen and oxygen atoms in total. The minimum atomic E-state index is -4.28. The van der Waals surface area contributed by atoms with E-state index in [2.05, 4.69) is 24.1 Å². The van der Waals surface area contributed by atoms with Crippen molar-refractivity contribution in [2.45, 2.75) is 33.0 Å². The second-order valence-electron chi connectivity index (χ2n) is 5.75. The van der Waals surface area contributed by atoms with Crippen molar-refractivity contribution in [1.29, 1.82) is 0 Å². The molecular formula is C15H21F3N2. The van der Waals surface area contributed by atoms with Gasteiger partial charge in [0, 0.05) is 31.4 Å². The van der Waals surface area contributed by atoms with Crippen LogP contribution in [0, 0.1) is 12.8 Å². The molecule has 112 valence electrons. The summed E-state index contributed by atoms with van der Waals surface area (Å²) in [7, 11) is 0. The summed E-state index contributed by atoms with van der Waals surface area (Å²) in [5, 5.41) is 3.42. The number of rotatable bonds is 2. The standard InChI is InChI=1S/C15H21F3N2/c1-10(2)13-9-20(7-6-19-13)14-8-12(15(16,17)18)5-4-11(14)3/h4-5,8,10,13,19H,6-7,9H2,1-3H3. The van der Waals surface area contributed by atoms with Crippen molar-refractivity contribution in [3.8, 4) is 0 Å². The highest BCUT2D eigenvalue weighted by Crippen LogP contribution is 2.33. The molecule has 1 heterocycles. The van der Waals surface area contributed by atoms with Crippen LogP contribution in [0.3, 0.4) is 0 Å². The lowest BCUT2D eigenvalue weighted by atomic mass is 10.0. The van der Waals surface area contributed by atoms with Crippen molar-refractivity contribution in [3.05, 3.63) is 29.3 Å². The molecule has 1 unspecified atom stereocenters. The van der Waals surface area contributed by atoms with Crippen LogP contribution in [0.5, 0.6) is 0 Å². The maximum absolute atomic E-state index is 12.8. The van der Waals surface area contributed by atoms with E-state index in [0.717, 1.165) is 31.3 Å². The lowest BCUT2D eigenvalue weighted by Crippen LogP contribution is -2.53. The third-order valence-corrected chi connectivity index (χ3v) is 3.89. The summed E-state index contributed by atoms with van der Waals surface area (Å²) in [5.74, 6) is 0.462. The first-order valence-electron chi connectivity index (χ1n) is 6.95. The molecule has 0 aliphatic carbocycles. The Bertz CT molecular complexity index is 469. The van der Waals surface area contributed by atoms with E-state index in [4.69, 9.17) is 0 Å². The molecule has 1 atom stereocenters. The average Bonchev–Trinajstić information content (AvgIpc) is 2.38. The van der Waals surface area contributed by atoms with Crippen LogP contribution in [-0.4, -0.2) is 25.7 Å². The number of anilines is 1. The SMILES string of the molecule is Cc1ccc(C(F)(F)F)cc1N1CCNC(C(C)C)C1. The van der Waals surface area contributed by atoms with Gasteiger partial charge in [-0.3, -0.25) is 0 Å². The van der Waals surface area contributed by atoms with Gasteiger partial charge in [0.25, 0.3) is 0 Å². The third-order valence-electron chi connectivity index (χ3n) is 3.89. The highest BCUT2D eigenvalue weighted by molar-refractivity contribution is 5.56. The molecule has 1 saturated heterocycles. The van der Waals surface area contributed by atoms with Crippen molar-refractivity contribution in [2.24, 2.45) is 5.92 Å². The monoisotopic (exact) mass is 286 g/mol.